The second-order valence-electron chi connectivity index (χ2n) is 6.38. The van der Waals surface area contributed by atoms with Gasteiger partial charge in [0.2, 0.25) is 11.8 Å². The molecule has 0 spiro atoms. The van der Waals surface area contributed by atoms with Gasteiger partial charge in [-0.25, -0.2) is 0 Å². The van der Waals surface area contributed by atoms with Crippen LogP contribution in [-0.4, -0.2) is 40.4 Å². The van der Waals surface area contributed by atoms with Crippen molar-refractivity contribution in [2.24, 2.45) is 0 Å². The van der Waals surface area contributed by atoms with Crippen LogP contribution in [0, 0.1) is 0 Å². The van der Waals surface area contributed by atoms with Crippen LogP contribution in [0.5, 0.6) is 0 Å². The summed E-state index contributed by atoms with van der Waals surface area (Å²) < 4.78 is 0. The highest BCUT2D eigenvalue weighted by Gasteiger charge is 2.39. The maximum atomic E-state index is 12.7. The average molecular weight is 330 g/mol. The highest BCUT2D eigenvalue weighted by atomic mass is 16.3. The quantitative estimate of drug-likeness (QED) is 0.605. The molecule has 1 atom stereocenters. The molecule has 2 N–H and O–H groups in total. The minimum Gasteiger partial charge on any atom is -0.396 e. The van der Waals surface area contributed by atoms with Crippen LogP contribution in [0.4, 0.5) is 0 Å². The molecule has 2 aliphatic heterocycles. The molecule has 1 aromatic rings. The zero-order chi connectivity index (χ0) is 17.1. The summed E-state index contributed by atoms with van der Waals surface area (Å²) in [5.74, 6) is -0.779. The molecule has 2 aliphatic rings. The molecular formula is C18H22N2O4. The van der Waals surface area contributed by atoms with E-state index in [2.05, 4.69) is 5.32 Å². The average Bonchev–Trinajstić information content (AvgIpc) is 2.89. The largest absolute Gasteiger partial charge is 0.396 e. The van der Waals surface area contributed by atoms with E-state index in [0.29, 0.717) is 18.5 Å². The van der Waals surface area contributed by atoms with E-state index in [0.717, 1.165) is 36.8 Å². The van der Waals surface area contributed by atoms with Gasteiger partial charge < -0.3 is 10.0 Å². The number of nitrogens with one attached hydrogen (secondary N) is 1. The van der Waals surface area contributed by atoms with Gasteiger partial charge >= 0.3 is 0 Å². The van der Waals surface area contributed by atoms with Crippen molar-refractivity contribution in [1.82, 2.24) is 10.2 Å². The first-order valence-electron chi connectivity index (χ1n) is 8.48. The molecule has 24 heavy (non-hydrogen) atoms. The van der Waals surface area contributed by atoms with Crippen molar-refractivity contribution < 1.29 is 19.5 Å². The molecule has 0 radical (unpaired) electrons. The predicted molar refractivity (Wildman–Crippen MR) is 87.1 cm³/mol. The van der Waals surface area contributed by atoms with Crippen molar-refractivity contribution >= 4 is 17.7 Å². The van der Waals surface area contributed by atoms with E-state index in [1.807, 2.05) is 12.1 Å². The Morgan fingerprint density at radius 1 is 1.17 bits per heavy atom. The number of piperidine rings is 1. The number of rotatable bonds is 6. The Labute approximate surface area is 140 Å². The third kappa shape index (κ3) is 3.19. The second-order valence-corrected chi connectivity index (χ2v) is 6.38. The molecule has 0 saturated carbocycles. The van der Waals surface area contributed by atoms with Crippen molar-refractivity contribution in [1.29, 1.82) is 0 Å². The minimum atomic E-state index is -0.565. The van der Waals surface area contributed by atoms with Gasteiger partial charge in [-0.1, -0.05) is 18.6 Å². The summed E-state index contributed by atoms with van der Waals surface area (Å²) in [5, 5.41) is 11.2. The Balaban J connectivity index is 1.75. The van der Waals surface area contributed by atoms with Crippen molar-refractivity contribution in [2.75, 3.05) is 6.61 Å². The number of carbonyl (C=O) groups excluding carboxylic acids is 3. The van der Waals surface area contributed by atoms with Crippen molar-refractivity contribution in [3.05, 3.63) is 34.9 Å². The van der Waals surface area contributed by atoms with Gasteiger partial charge in [0, 0.05) is 25.1 Å². The third-order valence-electron chi connectivity index (χ3n) is 4.78. The molecule has 0 bridgehead atoms. The molecule has 1 saturated heterocycles. The van der Waals surface area contributed by atoms with E-state index in [1.54, 1.807) is 11.0 Å². The summed E-state index contributed by atoms with van der Waals surface area (Å²) in [6.45, 7) is 0.630. The lowest BCUT2D eigenvalue weighted by Gasteiger charge is -2.29. The zero-order valence-electron chi connectivity index (χ0n) is 13.6. The Morgan fingerprint density at radius 2 is 2.00 bits per heavy atom. The van der Waals surface area contributed by atoms with Crippen LogP contribution in [0.25, 0.3) is 0 Å². The number of hydrogen-bond acceptors (Lipinski definition) is 4. The standard InChI is InChI=1S/C18H22N2O4/c21-10-3-1-2-5-12-6-4-7-13-14(12)11-20(18(13)24)15-8-9-16(22)19-17(15)23/h4,6-7,15,21H,1-3,5,8-11H2,(H,19,22,23)/t15-/m0/s1. The zero-order valence-corrected chi connectivity index (χ0v) is 13.6. The molecular weight excluding hydrogens is 308 g/mol. The number of aryl methyl sites for hydroxylation is 1. The van der Waals surface area contributed by atoms with Crippen LogP contribution in [-0.2, 0) is 22.6 Å². The molecule has 128 valence electrons. The van der Waals surface area contributed by atoms with E-state index in [1.165, 1.54) is 0 Å². The summed E-state index contributed by atoms with van der Waals surface area (Å²) in [5.41, 5.74) is 2.80. The van der Waals surface area contributed by atoms with Gasteiger partial charge in [-0.2, -0.15) is 0 Å². The Hall–Kier alpha value is -2.21. The molecule has 6 heteroatoms. The van der Waals surface area contributed by atoms with Gasteiger partial charge in [-0.05, 0) is 42.9 Å². The molecule has 0 aliphatic carbocycles. The molecule has 3 amide bonds. The van der Waals surface area contributed by atoms with Crippen molar-refractivity contribution in [3.8, 4) is 0 Å². The minimum absolute atomic E-state index is 0.128. The number of aliphatic hydroxyl groups is 1. The Bertz CT molecular complexity index is 671. The number of carbonyl (C=O) groups is 3. The van der Waals surface area contributed by atoms with Crippen molar-refractivity contribution in [3.63, 3.8) is 0 Å². The van der Waals surface area contributed by atoms with Crippen LogP contribution in [0.1, 0.15) is 53.6 Å². The summed E-state index contributed by atoms with van der Waals surface area (Å²) in [4.78, 5) is 37.6. The van der Waals surface area contributed by atoms with E-state index in [4.69, 9.17) is 5.11 Å². The summed E-state index contributed by atoms with van der Waals surface area (Å²) >= 11 is 0. The summed E-state index contributed by atoms with van der Waals surface area (Å²) in [6, 6.07) is 5.15. The first kappa shape index (κ1) is 16.6. The van der Waals surface area contributed by atoms with Crippen LogP contribution < -0.4 is 5.32 Å². The van der Waals surface area contributed by atoms with E-state index in [9.17, 15) is 14.4 Å². The van der Waals surface area contributed by atoms with E-state index >= 15 is 0 Å². The highest BCUT2D eigenvalue weighted by Crippen LogP contribution is 2.30. The number of imide groups is 1. The van der Waals surface area contributed by atoms with E-state index in [-0.39, 0.29) is 30.7 Å². The topological polar surface area (TPSA) is 86.7 Å². The number of hydrogen-bond donors (Lipinski definition) is 2. The van der Waals surface area contributed by atoms with Crippen molar-refractivity contribution in [2.45, 2.75) is 51.1 Å². The molecule has 6 nitrogen and oxygen atoms in total. The molecule has 2 heterocycles. The first-order valence-corrected chi connectivity index (χ1v) is 8.48. The van der Waals surface area contributed by atoms with Gasteiger partial charge in [0.1, 0.15) is 6.04 Å². The third-order valence-corrected chi connectivity index (χ3v) is 4.78. The fourth-order valence-corrected chi connectivity index (χ4v) is 3.49. The van der Waals surface area contributed by atoms with Crippen LogP contribution in [0.15, 0.2) is 18.2 Å². The number of unbranched alkanes of at least 4 members (excludes halogenated alkanes) is 2. The van der Waals surface area contributed by atoms with Crippen LogP contribution in [0.2, 0.25) is 0 Å². The SMILES string of the molecule is O=C1CC[C@H](N2Cc3c(CCCCCO)cccc3C2=O)C(=O)N1. The number of amides is 3. The summed E-state index contributed by atoms with van der Waals surface area (Å²) in [7, 11) is 0. The monoisotopic (exact) mass is 330 g/mol. The molecule has 0 unspecified atom stereocenters. The number of nitrogens with zero attached hydrogens (tertiary/aromatic N) is 1. The van der Waals surface area contributed by atoms with Gasteiger partial charge in [0.05, 0.1) is 0 Å². The molecule has 1 aromatic carbocycles. The van der Waals surface area contributed by atoms with E-state index < -0.39 is 6.04 Å². The molecule has 1 fully saturated rings. The lowest BCUT2D eigenvalue weighted by atomic mass is 9.98. The lowest BCUT2D eigenvalue weighted by molar-refractivity contribution is -0.136. The second kappa shape index (κ2) is 7.13. The number of fused-ring (bicyclic) bond motifs is 1. The number of benzene rings is 1. The van der Waals surface area contributed by atoms with Gasteiger partial charge in [0.15, 0.2) is 0 Å². The Kier molecular flexibility index (Phi) is 4.94. The smallest absolute Gasteiger partial charge is 0.255 e. The van der Waals surface area contributed by atoms with Gasteiger partial charge in [-0.3, -0.25) is 19.7 Å². The maximum absolute atomic E-state index is 12.7. The number of aliphatic hydroxyl groups excluding tert-OH is 1. The Morgan fingerprint density at radius 3 is 2.75 bits per heavy atom. The summed E-state index contributed by atoms with van der Waals surface area (Å²) in [6.07, 6.45) is 4.21. The highest BCUT2D eigenvalue weighted by molar-refractivity contribution is 6.05. The molecule has 3 rings (SSSR count). The van der Waals surface area contributed by atoms with Gasteiger partial charge in [0.25, 0.3) is 5.91 Å². The van der Waals surface area contributed by atoms with Crippen LogP contribution >= 0.6 is 0 Å². The van der Waals surface area contributed by atoms with Crippen LogP contribution in [0.3, 0.4) is 0 Å². The fourth-order valence-electron chi connectivity index (χ4n) is 3.49. The predicted octanol–water partition coefficient (Wildman–Crippen LogP) is 1.15. The normalized spacial score (nSPS) is 20.3. The fraction of sp³-hybridized carbons (Fsp3) is 0.500. The maximum Gasteiger partial charge on any atom is 0.255 e. The van der Waals surface area contributed by atoms with Gasteiger partial charge in [-0.15, -0.1) is 0 Å². The lowest BCUT2D eigenvalue weighted by Crippen LogP contribution is -2.52. The molecule has 0 aromatic heterocycles. The first-order chi connectivity index (χ1) is 11.6.